The fourth-order valence-electron chi connectivity index (χ4n) is 1.66. The molecule has 0 bridgehead atoms. The van der Waals surface area contributed by atoms with Gasteiger partial charge in [-0.3, -0.25) is 4.98 Å². The Balaban J connectivity index is 2.19. The Kier molecular flexibility index (Phi) is 1.86. The van der Waals surface area contributed by atoms with Crippen molar-refractivity contribution in [1.29, 1.82) is 0 Å². The van der Waals surface area contributed by atoms with Gasteiger partial charge < -0.3 is 10.1 Å². The first-order chi connectivity index (χ1) is 7.83. The predicted molar refractivity (Wildman–Crippen MR) is 62.8 cm³/mol. The fourth-order valence-corrected chi connectivity index (χ4v) is 1.66. The van der Waals surface area contributed by atoms with Crippen molar-refractivity contribution in [3.05, 3.63) is 49.1 Å². The van der Waals surface area contributed by atoms with E-state index in [2.05, 4.69) is 9.97 Å². The van der Waals surface area contributed by atoms with Gasteiger partial charge in [0.15, 0.2) is 0 Å². The minimum absolute atomic E-state index is 0.722. The van der Waals surface area contributed by atoms with Gasteiger partial charge in [-0.25, -0.2) is 4.98 Å². The summed E-state index contributed by atoms with van der Waals surface area (Å²) in [7, 11) is 0. The van der Waals surface area contributed by atoms with Crippen molar-refractivity contribution in [2.75, 3.05) is 5.73 Å². The van der Waals surface area contributed by atoms with Crippen LogP contribution in [-0.2, 0) is 0 Å². The highest BCUT2D eigenvalue weighted by Crippen LogP contribution is 2.18. The number of pyridine rings is 2. The van der Waals surface area contributed by atoms with Crippen LogP contribution in [0, 0.1) is 0 Å². The summed E-state index contributed by atoms with van der Waals surface area (Å²) in [6, 6.07) is 7.58. The summed E-state index contributed by atoms with van der Waals surface area (Å²) in [4.78, 5) is 8.48. The maximum absolute atomic E-state index is 5.71. The molecule has 2 N–H and O–H groups in total. The number of aromatic nitrogens is 3. The van der Waals surface area contributed by atoms with Crippen LogP contribution in [0.2, 0.25) is 0 Å². The molecule has 0 saturated heterocycles. The number of hydrogen-bond donors (Lipinski definition) is 1. The summed E-state index contributed by atoms with van der Waals surface area (Å²) >= 11 is 0. The largest absolute Gasteiger partial charge is 0.399 e. The summed E-state index contributed by atoms with van der Waals surface area (Å²) < 4.78 is 1.95. The summed E-state index contributed by atoms with van der Waals surface area (Å²) in [6.07, 6.45) is 7.40. The Bertz CT molecular complexity index is 628. The van der Waals surface area contributed by atoms with E-state index >= 15 is 0 Å². The second-order valence-corrected chi connectivity index (χ2v) is 3.59. The average molecular weight is 210 g/mol. The highest BCUT2D eigenvalue weighted by molar-refractivity contribution is 5.63. The molecule has 0 spiro atoms. The molecule has 0 aliphatic rings. The van der Waals surface area contributed by atoms with Gasteiger partial charge in [0.1, 0.15) is 5.65 Å². The van der Waals surface area contributed by atoms with Crippen molar-refractivity contribution in [3.8, 4) is 11.3 Å². The normalized spacial score (nSPS) is 10.8. The number of imidazole rings is 1. The van der Waals surface area contributed by atoms with Crippen molar-refractivity contribution < 1.29 is 0 Å². The smallest absolute Gasteiger partial charge is 0.139 e. The van der Waals surface area contributed by atoms with E-state index in [9.17, 15) is 0 Å². The number of anilines is 1. The van der Waals surface area contributed by atoms with Crippen LogP contribution in [0.5, 0.6) is 0 Å². The van der Waals surface area contributed by atoms with Crippen molar-refractivity contribution in [2.45, 2.75) is 0 Å². The number of rotatable bonds is 1. The minimum Gasteiger partial charge on any atom is -0.399 e. The maximum Gasteiger partial charge on any atom is 0.139 e. The van der Waals surface area contributed by atoms with E-state index < -0.39 is 0 Å². The highest BCUT2D eigenvalue weighted by Gasteiger charge is 2.03. The SMILES string of the molecule is Nc1ccn2cc(-c3ccncc3)nc2c1. The molecule has 3 aromatic heterocycles. The van der Waals surface area contributed by atoms with E-state index in [1.165, 1.54) is 0 Å². The van der Waals surface area contributed by atoms with Crippen LogP contribution in [0.15, 0.2) is 49.1 Å². The second-order valence-electron chi connectivity index (χ2n) is 3.59. The molecule has 3 heterocycles. The van der Waals surface area contributed by atoms with Crippen LogP contribution in [0.25, 0.3) is 16.9 Å². The van der Waals surface area contributed by atoms with Crippen molar-refractivity contribution in [1.82, 2.24) is 14.4 Å². The molecule has 0 aliphatic heterocycles. The first kappa shape index (κ1) is 8.91. The summed E-state index contributed by atoms with van der Waals surface area (Å²) in [5, 5.41) is 0. The van der Waals surface area contributed by atoms with Gasteiger partial charge in [0, 0.05) is 42.1 Å². The van der Waals surface area contributed by atoms with Crippen molar-refractivity contribution in [2.24, 2.45) is 0 Å². The third-order valence-electron chi connectivity index (χ3n) is 2.46. The number of nitrogen functional groups attached to an aromatic ring is 1. The van der Waals surface area contributed by atoms with Crippen LogP contribution < -0.4 is 5.73 Å². The Morgan fingerprint density at radius 3 is 2.75 bits per heavy atom. The lowest BCUT2D eigenvalue weighted by Crippen LogP contribution is -1.87. The van der Waals surface area contributed by atoms with Gasteiger partial charge in [-0.1, -0.05) is 0 Å². The van der Waals surface area contributed by atoms with Crippen LogP contribution in [0.3, 0.4) is 0 Å². The fraction of sp³-hybridized carbons (Fsp3) is 0. The van der Waals surface area contributed by atoms with E-state index in [1.807, 2.05) is 41.1 Å². The molecular formula is C12H10N4. The van der Waals surface area contributed by atoms with Gasteiger partial charge in [-0.05, 0) is 18.2 Å². The molecular weight excluding hydrogens is 200 g/mol. The number of fused-ring (bicyclic) bond motifs is 1. The lowest BCUT2D eigenvalue weighted by atomic mass is 10.2. The maximum atomic E-state index is 5.71. The molecule has 0 aromatic carbocycles. The van der Waals surface area contributed by atoms with Crippen molar-refractivity contribution >= 4 is 11.3 Å². The third kappa shape index (κ3) is 1.40. The molecule has 3 rings (SSSR count). The predicted octanol–water partition coefficient (Wildman–Crippen LogP) is 1.98. The first-order valence-electron chi connectivity index (χ1n) is 4.97. The molecule has 0 radical (unpaired) electrons. The summed E-state index contributed by atoms with van der Waals surface area (Å²) in [5.41, 5.74) is 9.26. The average Bonchev–Trinajstić information content (AvgIpc) is 2.73. The molecule has 0 aliphatic carbocycles. The first-order valence-corrected chi connectivity index (χ1v) is 4.97. The van der Waals surface area contributed by atoms with E-state index in [0.29, 0.717) is 0 Å². The third-order valence-corrected chi connectivity index (χ3v) is 2.46. The summed E-state index contributed by atoms with van der Waals surface area (Å²) in [6.45, 7) is 0. The van der Waals surface area contributed by atoms with Crippen LogP contribution in [-0.4, -0.2) is 14.4 Å². The minimum atomic E-state index is 0.722. The topological polar surface area (TPSA) is 56.2 Å². The Morgan fingerprint density at radius 2 is 1.94 bits per heavy atom. The van der Waals surface area contributed by atoms with Gasteiger partial charge in [-0.15, -0.1) is 0 Å². The molecule has 0 atom stereocenters. The highest BCUT2D eigenvalue weighted by atomic mass is 15.0. The van der Waals surface area contributed by atoms with Crippen LogP contribution in [0.4, 0.5) is 5.69 Å². The molecule has 78 valence electrons. The van der Waals surface area contributed by atoms with Gasteiger partial charge in [0.25, 0.3) is 0 Å². The number of hydrogen-bond acceptors (Lipinski definition) is 3. The Hall–Kier alpha value is -2.36. The number of nitrogens with two attached hydrogens (primary N) is 1. The lowest BCUT2D eigenvalue weighted by Gasteiger charge is -1.92. The van der Waals surface area contributed by atoms with E-state index in [1.54, 1.807) is 12.4 Å². The molecule has 16 heavy (non-hydrogen) atoms. The molecule has 3 aromatic rings. The second kappa shape index (κ2) is 3.34. The quantitative estimate of drug-likeness (QED) is 0.668. The lowest BCUT2D eigenvalue weighted by molar-refractivity contribution is 1.19. The van der Waals surface area contributed by atoms with Gasteiger partial charge in [0.2, 0.25) is 0 Å². The standard InChI is InChI=1S/C12H10N4/c13-10-3-6-16-8-11(15-12(16)7-10)9-1-4-14-5-2-9/h1-8H,13H2. The molecule has 0 saturated carbocycles. The van der Waals surface area contributed by atoms with Gasteiger partial charge in [-0.2, -0.15) is 0 Å². The molecule has 0 amide bonds. The van der Waals surface area contributed by atoms with Crippen molar-refractivity contribution in [3.63, 3.8) is 0 Å². The Morgan fingerprint density at radius 1 is 1.12 bits per heavy atom. The molecule has 0 unspecified atom stereocenters. The van der Waals surface area contributed by atoms with E-state index in [4.69, 9.17) is 5.73 Å². The Labute approximate surface area is 92.4 Å². The molecule has 4 nitrogen and oxygen atoms in total. The zero-order chi connectivity index (χ0) is 11.0. The monoisotopic (exact) mass is 210 g/mol. The molecule has 0 fully saturated rings. The summed E-state index contributed by atoms with van der Waals surface area (Å²) in [5.74, 6) is 0. The van der Waals surface area contributed by atoms with Gasteiger partial charge in [0.05, 0.1) is 5.69 Å². The van der Waals surface area contributed by atoms with E-state index in [0.717, 1.165) is 22.6 Å². The zero-order valence-corrected chi connectivity index (χ0v) is 8.54. The zero-order valence-electron chi connectivity index (χ0n) is 8.54. The van der Waals surface area contributed by atoms with Crippen LogP contribution >= 0.6 is 0 Å². The molecule has 4 heteroatoms. The van der Waals surface area contributed by atoms with Crippen LogP contribution in [0.1, 0.15) is 0 Å². The van der Waals surface area contributed by atoms with E-state index in [-0.39, 0.29) is 0 Å². The van der Waals surface area contributed by atoms with Gasteiger partial charge >= 0.3 is 0 Å². The number of nitrogens with zero attached hydrogens (tertiary/aromatic N) is 3.